The largest absolute Gasteiger partial charge is 0.460 e. The van der Waals surface area contributed by atoms with Crippen LogP contribution in [0.4, 0.5) is 5.95 Å². The van der Waals surface area contributed by atoms with Gasteiger partial charge in [-0.25, -0.2) is 14.6 Å². The number of ketones is 5. The van der Waals surface area contributed by atoms with Gasteiger partial charge < -0.3 is 72.6 Å². The number of piperidine rings is 1. The topological polar surface area (TPSA) is 405 Å². The Hall–Kier alpha value is -8.85. The number of fused-ring (bicyclic) bond motifs is 7. The van der Waals surface area contributed by atoms with Crippen molar-refractivity contribution in [3.05, 3.63) is 116 Å². The number of amides is 1. The zero-order valence-electron chi connectivity index (χ0n) is 73.2. The predicted molar refractivity (Wildman–Crippen MR) is 446 cm³/mol. The first-order valence-electron chi connectivity index (χ1n) is 42.7. The standard InChI is InChI=1S/C55H87NO14.C23H24O8.C13H14N6O/c1-12-67-26-27-68-45-24-22-41(31-48(45)65-10)30-37(5)47-33-44(57)36(4)29-39(7)50(59)51(66-11)49(58)38(6)28-34(2)18-14-13-15-19-35(3)46(64-9)32-42-23-21-40(8)55(63,70-42)52(60)53(61)56-25-17-16-20-43(56)54(62)69-47;1-10(24)30-13-7-22(2)12(5-6-14(22)25)16-18(13)23(3)15(9-28-4)31-21(27)11-8-29-20(17(11)23)19(16)26;1-3-19-11-8(7(2)16-13(14)17-11)6-9(12(19)20)10-4-5-15-18-10/h13-15,18-19,29,34,36-38,40-43,45-48,50-51,59,63H,12,16-17,20-28,30-33H2,1-11H3;8,12-13,15H,5-7,9H2,1-4H3;4-6H,3H2,1-2H3,(H,15,18)(H2,14,16,17)/b15-13+,18-14+,35-19+,39-29+;;/t34-,36-,37-,38-,40-,41+,42+,43?,45?,46+,47+,48-,50-,51?,55-;12-,13+,15+,22-,23-;/m10./s1. The fraction of sp³-hybridized carbons (Fsp3) is 0.637. The molecule has 30 nitrogen and oxygen atoms in total. The minimum Gasteiger partial charge on any atom is -0.460 e. The van der Waals surface area contributed by atoms with Gasteiger partial charge in [0.25, 0.3) is 17.2 Å². The van der Waals surface area contributed by atoms with E-state index in [1.54, 1.807) is 64.0 Å². The first-order chi connectivity index (χ1) is 57.5. The SMILES string of the molecule is CCOCCOC1CC[C@@H](C[C@@H](C)[C@@H]2CC(=O)[C@H](C)/C=C(\C)[C@@H](O)C(OC)C(=O)[C@H](C)C[C@H](C)/C=C/C=C/C=C(\C)[C@@H](OC)C[C@@H]3CC[C@@H](C)[C@@](O)(O3)C(=O)C(=O)N3CCCCC3C(=O)O2)C[C@H]1OC.CCn1c(=O)c(-c2ccn[nH]2)cc2c(C)nc(N)nc21.COC[C@H]1OC(=O)c2coc3c2[C@@]1(C)C1=C(C3=O)[C@@H]2CCC(=O)[C@@]2(C)C[C@H]1OC(C)=O. The fourth-order valence-electron chi connectivity index (χ4n) is 19.3. The Kier molecular flexibility index (Phi) is 32.1. The van der Waals surface area contributed by atoms with E-state index in [0.717, 1.165) is 29.5 Å². The number of nitrogen functional groups attached to an aromatic ring is 1. The van der Waals surface area contributed by atoms with Crippen molar-refractivity contribution in [1.82, 2.24) is 29.6 Å². The lowest BCUT2D eigenvalue weighted by molar-refractivity contribution is -0.265. The van der Waals surface area contributed by atoms with Gasteiger partial charge in [-0.05, 0) is 159 Å². The Labute approximate surface area is 707 Å². The maximum Gasteiger partial charge on any atom is 0.342 e. The van der Waals surface area contributed by atoms with Gasteiger partial charge in [-0.2, -0.15) is 10.1 Å². The second-order valence-electron chi connectivity index (χ2n) is 34.4. The quantitative estimate of drug-likeness (QED) is 0.0266. The van der Waals surface area contributed by atoms with E-state index in [0.29, 0.717) is 130 Å². The van der Waals surface area contributed by atoms with Crippen LogP contribution in [-0.4, -0.2) is 221 Å². The number of aliphatic hydroxyl groups excluding tert-OH is 1. The van der Waals surface area contributed by atoms with E-state index >= 15 is 0 Å². The lowest BCUT2D eigenvalue weighted by Crippen LogP contribution is -2.61. The number of allylic oxidation sites excluding steroid dienone is 7. The number of aromatic amines is 1. The molecule has 8 heterocycles. The molecule has 4 aromatic heterocycles. The van der Waals surface area contributed by atoms with Gasteiger partial charge >= 0.3 is 17.9 Å². The summed E-state index contributed by atoms with van der Waals surface area (Å²) in [5, 5.41) is 31.0. The highest BCUT2D eigenvalue weighted by atomic mass is 16.6. The number of aliphatic hydroxyl groups is 2. The number of aryl methyl sites for hydroxylation is 2. The molecule has 662 valence electrons. The summed E-state index contributed by atoms with van der Waals surface area (Å²) >= 11 is 0. The van der Waals surface area contributed by atoms with E-state index in [9.17, 15) is 58.2 Å². The molecule has 4 aliphatic heterocycles. The number of hydrogen-bond donors (Lipinski definition) is 4. The molecule has 1 amide bonds. The van der Waals surface area contributed by atoms with E-state index in [2.05, 4.69) is 20.2 Å². The van der Waals surface area contributed by atoms with Gasteiger partial charge in [-0.1, -0.05) is 78.0 Å². The Balaban J connectivity index is 0.000000241. The summed E-state index contributed by atoms with van der Waals surface area (Å²) in [6, 6.07) is 2.41. The van der Waals surface area contributed by atoms with Gasteiger partial charge in [0.1, 0.15) is 65.6 Å². The molecule has 4 aliphatic carbocycles. The van der Waals surface area contributed by atoms with Crippen LogP contribution in [0, 0.1) is 53.8 Å². The zero-order valence-corrected chi connectivity index (χ0v) is 73.2. The van der Waals surface area contributed by atoms with E-state index in [1.165, 1.54) is 32.3 Å². The van der Waals surface area contributed by atoms with Crippen LogP contribution in [0.3, 0.4) is 0 Å². The third kappa shape index (κ3) is 20.5. The maximum absolute atomic E-state index is 14.5. The first-order valence-corrected chi connectivity index (χ1v) is 42.7. The number of anilines is 1. The summed E-state index contributed by atoms with van der Waals surface area (Å²) in [5.41, 5.74) is 9.29. The van der Waals surface area contributed by atoms with Crippen LogP contribution in [0.15, 0.2) is 92.6 Å². The molecule has 2 saturated carbocycles. The number of Topliss-reactive ketones (excluding diaryl/α,β-unsaturated/α-hetero) is 5. The molecule has 0 spiro atoms. The monoisotopic (exact) mass is 1680 g/mol. The molecule has 4 fully saturated rings. The third-order valence-corrected chi connectivity index (χ3v) is 26.2. The molecular formula is C91H125N7O23. The number of aromatic nitrogens is 5. The van der Waals surface area contributed by atoms with Gasteiger partial charge in [0.2, 0.25) is 17.5 Å². The highest BCUT2D eigenvalue weighted by Crippen LogP contribution is 2.61. The molecule has 8 aliphatic rings. The molecule has 30 heteroatoms. The number of carbonyl (C=O) groups is 9. The van der Waals surface area contributed by atoms with Crippen LogP contribution in [0.5, 0.6) is 0 Å². The van der Waals surface area contributed by atoms with Crippen LogP contribution in [0.25, 0.3) is 22.3 Å². The van der Waals surface area contributed by atoms with Crippen molar-refractivity contribution < 1.29 is 105 Å². The minimum atomic E-state index is -2.43. The molecule has 5 N–H and O–H groups in total. The molecule has 4 aromatic rings. The molecule has 20 atom stereocenters. The second-order valence-corrected chi connectivity index (χ2v) is 34.4. The number of carbonyl (C=O) groups excluding carboxylic acids is 9. The summed E-state index contributed by atoms with van der Waals surface area (Å²) < 4.78 is 65.5. The fourth-order valence-corrected chi connectivity index (χ4v) is 19.3. The molecule has 2 bridgehead atoms. The van der Waals surface area contributed by atoms with Crippen LogP contribution in [-0.2, 0) is 92.9 Å². The average molecular weight is 1690 g/mol. The van der Waals surface area contributed by atoms with Crippen LogP contribution in [0.1, 0.15) is 212 Å². The number of cyclic esters (lactones) is 2. The second kappa shape index (κ2) is 41.1. The number of nitrogens with two attached hydrogens (primary N) is 1. The van der Waals surface area contributed by atoms with Crippen molar-refractivity contribution >= 4 is 69.7 Å². The van der Waals surface area contributed by atoms with Crippen molar-refractivity contribution in [2.45, 2.75) is 265 Å². The number of nitrogens with one attached hydrogen (secondary N) is 1. The van der Waals surface area contributed by atoms with Crippen molar-refractivity contribution in [3.8, 4) is 11.3 Å². The Bertz CT molecular complexity index is 4650. The lowest BCUT2D eigenvalue weighted by Gasteiger charge is -2.51. The summed E-state index contributed by atoms with van der Waals surface area (Å²) in [6.45, 7) is 25.7. The number of furan rings is 1. The summed E-state index contributed by atoms with van der Waals surface area (Å²) in [7, 11) is 6.15. The van der Waals surface area contributed by atoms with Crippen LogP contribution in [0.2, 0.25) is 0 Å². The summed E-state index contributed by atoms with van der Waals surface area (Å²) in [5.74, 6) is -9.24. The minimum absolute atomic E-state index is 0.0195. The Morgan fingerprint density at radius 2 is 1.59 bits per heavy atom. The van der Waals surface area contributed by atoms with E-state index in [1.807, 2.05) is 92.7 Å². The number of methoxy groups -OCH3 is 4. The molecular weight excluding hydrogens is 1560 g/mol. The van der Waals surface area contributed by atoms with Gasteiger partial charge in [0.15, 0.2) is 11.5 Å². The summed E-state index contributed by atoms with van der Waals surface area (Å²) in [4.78, 5) is 144. The first kappa shape index (κ1) is 94.4. The summed E-state index contributed by atoms with van der Waals surface area (Å²) in [6.07, 6.45) is 15.0. The van der Waals surface area contributed by atoms with Gasteiger partial charge in [-0.15, -0.1) is 0 Å². The molecule has 0 aromatic carbocycles. The van der Waals surface area contributed by atoms with Gasteiger partial charge in [-0.3, -0.25) is 48.0 Å². The van der Waals surface area contributed by atoms with Gasteiger partial charge in [0, 0.05) is 133 Å². The number of hydrogen-bond acceptors (Lipinski definition) is 27. The maximum atomic E-state index is 14.5. The van der Waals surface area contributed by atoms with Crippen molar-refractivity contribution in [2.75, 3.05) is 67.1 Å². The number of pyridine rings is 1. The number of esters is 3. The van der Waals surface area contributed by atoms with E-state index < -0.39 is 113 Å². The van der Waals surface area contributed by atoms with Gasteiger partial charge in [0.05, 0.1) is 66.6 Å². The Morgan fingerprint density at radius 1 is 0.835 bits per heavy atom. The predicted octanol–water partition coefficient (Wildman–Crippen LogP) is 10.9. The van der Waals surface area contributed by atoms with Crippen LogP contribution < -0.4 is 11.3 Å². The number of H-pyrrole nitrogens is 1. The number of ether oxygens (including phenoxy) is 10. The van der Waals surface area contributed by atoms with E-state index in [-0.39, 0.29) is 114 Å². The average Bonchev–Trinajstić information content (AvgIpc) is 1.61. The number of nitrogens with zero attached hydrogens (tertiary/aromatic N) is 5. The van der Waals surface area contributed by atoms with Crippen molar-refractivity contribution in [2.24, 2.45) is 46.8 Å². The van der Waals surface area contributed by atoms with Crippen molar-refractivity contribution in [1.29, 1.82) is 0 Å². The number of rotatable bonds is 16. The van der Waals surface area contributed by atoms with Crippen LogP contribution >= 0.6 is 0 Å². The normalized spacial score (nSPS) is 33.3. The highest BCUT2D eigenvalue weighted by Gasteiger charge is 2.65. The molecule has 0 radical (unpaired) electrons. The lowest BCUT2D eigenvalue weighted by atomic mass is 9.54. The van der Waals surface area contributed by atoms with Crippen molar-refractivity contribution in [3.63, 3.8) is 0 Å². The highest BCUT2D eigenvalue weighted by molar-refractivity contribution is 6.39. The zero-order chi connectivity index (χ0) is 88.3. The Morgan fingerprint density at radius 3 is 2.26 bits per heavy atom. The molecule has 121 heavy (non-hydrogen) atoms. The molecule has 12 rings (SSSR count). The third-order valence-electron chi connectivity index (χ3n) is 26.2. The molecule has 2 saturated heterocycles. The molecule has 3 unspecified atom stereocenters. The smallest absolute Gasteiger partial charge is 0.342 e. The van der Waals surface area contributed by atoms with E-state index in [4.69, 9.17) is 57.5 Å².